The number of hydrogen-bond donors (Lipinski definition) is 0. The number of cyclic esters (lactones) is 1. The number of carbonyl (C=O) groups is 1. The normalized spacial score (nSPS) is 19.3. The molecular formula is C12H11ClO3. The minimum atomic E-state index is -0.632. The van der Waals surface area contributed by atoms with Crippen LogP contribution >= 0.6 is 11.6 Å². The van der Waals surface area contributed by atoms with E-state index in [1.807, 2.05) is 6.92 Å². The number of ether oxygens (including phenoxy) is 2. The van der Waals surface area contributed by atoms with Gasteiger partial charge in [-0.05, 0) is 37.6 Å². The van der Waals surface area contributed by atoms with Gasteiger partial charge in [-0.25, -0.2) is 4.79 Å². The van der Waals surface area contributed by atoms with Gasteiger partial charge in [0.1, 0.15) is 5.75 Å². The van der Waals surface area contributed by atoms with Crippen molar-refractivity contribution in [1.29, 1.82) is 0 Å². The summed E-state index contributed by atoms with van der Waals surface area (Å²) in [6.07, 6.45) is 1.02. The molecule has 0 spiro atoms. The fourth-order valence-electron chi connectivity index (χ4n) is 1.43. The van der Waals surface area contributed by atoms with Crippen LogP contribution in [0.2, 0.25) is 5.02 Å². The van der Waals surface area contributed by atoms with Gasteiger partial charge in [-0.2, -0.15) is 0 Å². The minimum Gasteiger partial charge on any atom is -0.451 e. The predicted octanol–water partition coefficient (Wildman–Crippen LogP) is 2.86. The van der Waals surface area contributed by atoms with Crippen LogP contribution in [0.15, 0.2) is 29.8 Å². The standard InChI is InChI=1S/C12H11ClO3/c1-7-5-9(13)3-4-10(7)15-11-6-8(2)12(14)16-11/h3-6,11H,1-2H3. The van der Waals surface area contributed by atoms with Gasteiger partial charge in [-0.15, -0.1) is 0 Å². The second-order valence-corrected chi connectivity index (χ2v) is 4.09. The van der Waals surface area contributed by atoms with Crippen LogP contribution in [0.1, 0.15) is 12.5 Å². The SMILES string of the molecule is CC1=CC(Oc2ccc(Cl)cc2C)OC1=O. The Balaban J connectivity index is 2.14. The van der Waals surface area contributed by atoms with Crippen molar-refractivity contribution >= 4 is 17.6 Å². The topological polar surface area (TPSA) is 35.5 Å². The molecule has 1 aromatic carbocycles. The smallest absolute Gasteiger partial charge is 0.336 e. The molecule has 0 aliphatic carbocycles. The van der Waals surface area contributed by atoms with E-state index in [-0.39, 0.29) is 5.97 Å². The van der Waals surface area contributed by atoms with Gasteiger partial charge in [0.25, 0.3) is 6.29 Å². The van der Waals surface area contributed by atoms with Gasteiger partial charge < -0.3 is 9.47 Å². The fraction of sp³-hybridized carbons (Fsp3) is 0.250. The molecule has 1 aliphatic heterocycles. The van der Waals surface area contributed by atoms with Crippen molar-refractivity contribution in [3.8, 4) is 5.75 Å². The van der Waals surface area contributed by atoms with Crippen molar-refractivity contribution in [2.24, 2.45) is 0 Å². The molecule has 0 aromatic heterocycles. The first-order valence-electron chi connectivity index (χ1n) is 4.88. The van der Waals surface area contributed by atoms with E-state index in [2.05, 4.69) is 0 Å². The molecule has 0 bridgehead atoms. The van der Waals surface area contributed by atoms with Gasteiger partial charge in [-0.3, -0.25) is 0 Å². The Morgan fingerprint density at radius 3 is 2.69 bits per heavy atom. The lowest BCUT2D eigenvalue weighted by Crippen LogP contribution is -2.16. The number of esters is 1. The van der Waals surface area contributed by atoms with E-state index in [0.717, 1.165) is 5.56 Å². The summed E-state index contributed by atoms with van der Waals surface area (Å²) in [5, 5.41) is 0.653. The zero-order valence-electron chi connectivity index (χ0n) is 8.99. The third-order valence-electron chi connectivity index (χ3n) is 2.31. The predicted molar refractivity (Wildman–Crippen MR) is 60.5 cm³/mol. The van der Waals surface area contributed by atoms with Crippen LogP contribution in [-0.2, 0) is 9.53 Å². The van der Waals surface area contributed by atoms with Crippen molar-refractivity contribution in [3.63, 3.8) is 0 Å². The number of carbonyl (C=O) groups excluding carboxylic acids is 1. The highest BCUT2D eigenvalue weighted by Crippen LogP contribution is 2.25. The largest absolute Gasteiger partial charge is 0.451 e. The van der Waals surface area contributed by atoms with E-state index in [0.29, 0.717) is 16.3 Å². The molecule has 3 nitrogen and oxygen atoms in total. The molecule has 2 rings (SSSR count). The summed E-state index contributed by atoms with van der Waals surface area (Å²) in [5.74, 6) is 0.324. The number of benzene rings is 1. The molecule has 0 saturated heterocycles. The summed E-state index contributed by atoms with van der Waals surface area (Å²) < 4.78 is 10.5. The molecule has 0 amide bonds. The molecule has 0 fully saturated rings. The molecule has 1 aliphatic rings. The van der Waals surface area contributed by atoms with E-state index in [1.54, 1.807) is 31.2 Å². The molecular weight excluding hydrogens is 228 g/mol. The third kappa shape index (κ3) is 2.19. The Bertz CT molecular complexity index is 465. The summed E-state index contributed by atoms with van der Waals surface area (Å²) in [5.41, 5.74) is 1.47. The van der Waals surface area contributed by atoms with Crippen LogP contribution in [0.3, 0.4) is 0 Å². The van der Waals surface area contributed by atoms with Crippen LogP contribution in [0.4, 0.5) is 0 Å². The molecule has 4 heteroatoms. The Kier molecular flexibility index (Phi) is 2.88. The van der Waals surface area contributed by atoms with Crippen LogP contribution in [-0.4, -0.2) is 12.3 Å². The summed E-state index contributed by atoms with van der Waals surface area (Å²) in [4.78, 5) is 11.1. The second kappa shape index (κ2) is 4.18. The van der Waals surface area contributed by atoms with Crippen molar-refractivity contribution < 1.29 is 14.3 Å². The van der Waals surface area contributed by atoms with Gasteiger partial charge in [-0.1, -0.05) is 11.6 Å². The third-order valence-corrected chi connectivity index (χ3v) is 2.55. The lowest BCUT2D eigenvalue weighted by atomic mass is 10.2. The number of hydrogen-bond acceptors (Lipinski definition) is 3. The summed E-state index contributed by atoms with van der Waals surface area (Å²) in [7, 11) is 0. The monoisotopic (exact) mass is 238 g/mol. The second-order valence-electron chi connectivity index (χ2n) is 3.65. The van der Waals surface area contributed by atoms with Crippen molar-refractivity contribution in [3.05, 3.63) is 40.4 Å². The van der Waals surface area contributed by atoms with Crippen molar-refractivity contribution in [1.82, 2.24) is 0 Å². The molecule has 84 valence electrons. The van der Waals surface area contributed by atoms with Crippen LogP contribution in [0.5, 0.6) is 5.75 Å². The Labute approximate surface area is 98.6 Å². The Hall–Kier alpha value is -1.48. The highest BCUT2D eigenvalue weighted by molar-refractivity contribution is 6.30. The van der Waals surface area contributed by atoms with Crippen molar-refractivity contribution in [2.45, 2.75) is 20.1 Å². The molecule has 1 atom stereocenters. The average Bonchev–Trinajstić information content (AvgIpc) is 2.51. The van der Waals surface area contributed by atoms with Crippen LogP contribution in [0.25, 0.3) is 0 Å². The van der Waals surface area contributed by atoms with Crippen LogP contribution in [0, 0.1) is 6.92 Å². The van der Waals surface area contributed by atoms with Gasteiger partial charge in [0.15, 0.2) is 0 Å². The van der Waals surface area contributed by atoms with E-state index >= 15 is 0 Å². The maximum atomic E-state index is 11.1. The Morgan fingerprint density at radius 1 is 1.38 bits per heavy atom. The summed E-state index contributed by atoms with van der Waals surface area (Å²) in [6.45, 7) is 3.58. The number of halogens is 1. The maximum absolute atomic E-state index is 11.1. The lowest BCUT2D eigenvalue weighted by Gasteiger charge is -2.13. The van der Waals surface area contributed by atoms with E-state index in [4.69, 9.17) is 21.1 Å². The van der Waals surface area contributed by atoms with Crippen molar-refractivity contribution in [2.75, 3.05) is 0 Å². The van der Waals surface area contributed by atoms with E-state index < -0.39 is 6.29 Å². The first-order chi connectivity index (χ1) is 7.56. The minimum absolute atomic E-state index is 0.336. The summed E-state index contributed by atoms with van der Waals surface area (Å²) >= 11 is 5.83. The quantitative estimate of drug-likeness (QED) is 0.744. The molecule has 16 heavy (non-hydrogen) atoms. The summed E-state index contributed by atoms with van der Waals surface area (Å²) in [6, 6.07) is 5.29. The van der Waals surface area contributed by atoms with Gasteiger partial charge >= 0.3 is 5.97 Å². The first-order valence-corrected chi connectivity index (χ1v) is 5.26. The number of aryl methyl sites for hydroxylation is 1. The van der Waals surface area contributed by atoms with E-state index in [1.165, 1.54) is 0 Å². The molecule has 0 radical (unpaired) electrons. The lowest BCUT2D eigenvalue weighted by molar-refractivity contribution is -0.148. The molecule has 0 N–H and O–H groups in total. The molecule has 1 heterocycles. The zero-order valence-corrected chi connectivity index (χ0v) is 9.75. The molecule has 1 unspecified atom stereocenters. The molecule has 0 saturated carbocycles. The molecule has 1 aromatic rings. The van der Waals surface area contributed by atoms with Gasteiger partial charge in [0.05, 0.1) is 0 Å². The Morgan fingerprint density at radius 2 is 2.12 bits per heavy atom. The number of rotatable bonds is 2. The van der Waals surface area contributed by atoms with Gasteiger partial charge in [0.2, 0.25) is 0 Å². The zero-order chi connectivity index (χ0) is 11.7. The van der Waals surface area contributed by atoms with Gasteiger partial charge in [0, 0.05) is 16.7 Å². The van der Waals surface area contributed by atoms with Crippen LogP contribution < -0.4 is 4.74 Å². The fourth-order valence-corrected chi connectivity index (χ4v) is 1.66. The first kappa shape index (κ1) is 11.0. The average molecular weight is 239 g/mol. The van der Waals surface area contributed by atoms with E-state index in [9.17, 15) is 4.79 Å². The maximum Gasteiger partial charge on any atom is 0.336 e. The highest BCUT2D eigenvalue weighted by atomic mass is 35.5. The highest BCUT2D eigenvalue weighted by Gasteiger charge is 2.23.